The zero-order valence-corrected chi connectivity index (χ0v) is 13.6. The van der Waals surface area contributed by atoms with Crippen LogP contribution in [-0.4, -0.2) is 32.8 Å². The lowest BCUT2D eigenvalue weighted by molar-refractivity contribution is 0.215. The second-order valence-electron chi connectivity index (χ2n) is 4.87. The molecule has 118 valence electrons. The van der Waals surface area contributed by atoms with Gasteiger partial charge in [0.2, 0.25) is 0 Å². The molecule has 7 heteroatoms. The van der Waals surface area contributed by atoms with Crippen LogP contribution in [0.15, 0.2) is 23.7 Å². The van der Waals surface area contributed by atoms with Crippen molar-refractivity contribution < 1.29 is 4.84 Å². The number of halogens is 1. The summed E-state index contributed by atoms with van der Waals surface area (Å²) in [5.74, 6) is 1.76. The van der Waals surface area contributed by atoms with E-state index in [-0.39, 0.29) is 0 Å². The third-order valence-electron chi connectivity index (χ3n) is 3.13. The summed E-state index contributed by atoms with van der Waals surface area (Å²) in [6, 6.07) is 0. The summed E-state index contributed by atoms with van der Waals surface area (Å²) in [4.78, 5) is 17.8. The molecule has 0 aliphatic rings. The van der Waals surface area contributed by atoms with E-state index in [9.17, 15) is 0 Å². The number of unbranched alkanes of at least 4 members (excludes halogenated alkanes) is 1. The molecular formula is C15H20ClN5O. The second kappa shape index (κ2) is 8.48. The highest BCUT2D eigenvalue weighted by Gasteiger charge is 2.09. The van der Waals surface area contributed by atoms with E-state index in [0.717, 1.165) is 36.6 Å². The van der Waals surface area contributed by atoms with Gasteiger partial charge in [0.1, 0.15) is 18.8 Å². The van der Waals surface area contributed by atoms with E-state index in [4.69, 9.17) is 11.6 Å². The number of nitrogens with zero attached hydrogens (tertiary/aromatic N) is 5. The van der Waals surface area contributed by atoms with Crippen LogP contribution in [0, 0.1) is 0 Å². The highest BCUT2D eigenvalue weighted by molar-refractivity contribution is 6.30. The van der Waals surface area contributed by atoms with Gasteiger partial charge < -0.3 is 9.40 Å². The molecule has 0 atom stereocenters. The largest absolute Gasteiger partial charge is 0.399 e. The quantitative estimate of drug-likeness (QED) is 0.554. The molecule has 0 N–H and O–H groups in total. The van der Waals surface area contributed by atoms with Gasteiger partial charge in [-0.1, -0.05) is 30.1 Å². The number of oxime groups is 1. The Hall–Kier alpha value is -1.95. The molecule has 0 radical (unpaired) electrons. The van der Waals surface area contributed by atoms with Crippen molar-refractivity contribution >= 4 is 17.8 Å². The first-order valence-electron chi connectivity index (χ1n) is 7.29. The minimum absolute atomic E-state index is 0.539. The summed E-state index contributed by atoms with van der Waals surface area (Å²) in [6.45, 7) is 2.76. The van der Waals surface area contributed by atoms with Gasteiger partial charge in [-0.05, 0) is 6.42 Å². The maximum atomic E-state index is 5.82. The maximum absolute atomic E-state index is 5.82. The Morgan fingerprint density at radius 3 is 2.82 bits per heavy atom. The molecule has 0 spiro atoms. The summed E-state index contributed by atoms with van der Waals surface area (Å²) in [7, 11) is 1.53. The van der Waals surface area contributed by atoms with Crippen LogP contribution in [-0.2, 0) is 24.2 Å². The van der Waals surface area contributed by atoms with Crippen molar-refractivity contribution in [2.75, 3.05) is 7.11 Å². The highest BCUT2D eigenvalue weighted by atomic mass is 35.5. The molecule has 2 rings (SSSR count). The first-order chi connectivity index (χ1) is 10.7. The van der Waals surface area contributed by atoms with Gasteiger partial charge in [-0.25, -0.2) is 15.0 Å². The van der Waals surface area contributed by atoms with Crippen molar-refractivity contribution in [1.82, 2.24) is 19.5 Å². The van der Waals surface area contributed by atoms with Crippen molar-refractivity contribution in [2.24, 2.45) is 5.16 Å². The fourth-order valence-corrected chi connectivity index (χ4v) is 2.16. The lowest BCUT2D eigenvalue weighted by atomic mass is 10.2. The standard InChI is InChI=1S/C15H20ClN5O/c1-3-4-5-15-20-13(6-7-19-22-2)10-21(15)11-14-17-8-12(16)9-18-14/h7-10H,3-6,11H2,1-2H3. The van der Waals surface area contributed by atoms with E-state index in [1.165, 1.54) is 7.11 Å². The maximum Gasteiger partial charge on any atom is 0.148 e. The van der Waals surface area contributed by atoms with Crippen molar-refractivity contribution in [2.45, 2.75) is 39.2 Å². The predicted molar refractivity (Wildman–Crippen MR) is 86.2 cm³/mol. The SMILES string of the molecule is CCCCc1nc(CC=NOC)cn1Cc1ncc(Cl)cn1. The number of hydrogen-bond acceptors (Lipinski definition) is 5. The Labute approximate surface area is 135 Å². The van der Waals surface area contributed by atoms with Crippen LogP contribution < -0.4 is 0 Å². The molecule has 0 bridgehead atoms. The van der Waals surface area contributed by atoms with Gasteiger partial charge in [-0.3, -0.25) is 0 Å². The van der Waals surface area contributed by atoms with E-state index in [1.807, 2.05) is 6.20 Å². The number of rotatable bonds is 8. The fraction of sp³-hybridized carbons (Fsp3) is 0.467. The number of imidazole rings is 1. The lowest BCUT2D eigenvalue weighted by Crippen LogP contribution is -2.07. The second-order valence-corrected chi connectivity index (χ2v) is 5.31. The first-order valence-corrected chi connectivity index (χ1v) is 7.67. The van der Waals surface area contributed by atoms with Gasteiger partial charge in [-0.2, -0.15) is 0 Å². The smallest absolute Gasteiger partial charge is 0.148 e. The van der Waals surface area contributed by atoms with Crippen LogP contribution in [0.3, 0.4) is 0 Å². The van der Waals surface area contributed by atoms with Crippen LogP contribution in [0.1, 0.15) is 37.1 Å². The van der Waals surface area contributed by atoms with Gasteiger partial charge in [0.05, 0.1) is 17.3 Å². The predicted octanol–water partition coefficient (Wildman–Crippen LogP) is 2.89. The highest BCUT2D eigenvalue weighted by Crippen LogP contribution is 2.10. The zero-order chi connectivity index (χ0) is 15.8. The van der Waals surface area contributed by atoms with Crippen molar-refractivity contribution in [1.29, 1.82) is 0 Å². The minimum atomic E-state index is 0.539. The van der Waals surface area contributed by atoms with Crippen LogP contribution in [0.2, 0.25) is 5.02 Å². The molecule has 0 aliphatic heterocycles. The molecule has 6 nitrogen and oxygen atoms in total. The Kier molecular flexibility index (Phi) is 6.33. The molecule has 0 saturated carbocycles. The molecule has 0 fully saturated rings. The number of aryl methyl sites for hydroxylation is 1. The van der Waals surface area contributed by atoms with E-state index in [1.54, 1.807) is 18.6 Å². The molecule has 2 aromatic rings. The molecule has 0 aromatic carbocycles. The molecule has 0 aliphatic carbocycles. The Morgan fingerprint density at radius 2 is 2.14 bits per heavy atom. The summed E-state index contributed by atoms with van der Waals surface area (Å²) < 4.78 is 2.09. The third kappa shape index (κ3) is 4.80. The minimum Gasteiger partial charge on any atom is -0.399 e. The van der Waals surface area contributed by atoms with Crippen molar-refractivity contribution in [3.05, 3.63) is 41.0 Å². The monoisotopic (exact) mass is 321 g/mol. The molecular weight excluding hydrogens is 302 g/mol. The Bertz CT molecular complexity index is 609. The average Bonchev–Trinajstić information content (AvgIpc) is 2.90. The van der Waals surface area contributed by atoms with Gasteiger partial charge in [0.25, 0.3) is 0 Å². The lowest BCUT2D eigenvalue weighted by Gasteiger charge is -2.06. The summed E-state index contributed by atoms with van der Waals surface area (Å²) in [5, 5.41) is 4.29. The first kappa shape index (κ1) is 16.4. The van der Waals surface area contributed by atoms with Crippen LogP contribution in [0.25, 0.3) is 0 Å². The van der Waals surface area contributed by atoms with Gasteiger partial charge >= 0.3 is 0 Å². The Morgan fingerprint density at radius 1 is 1.36 bits per heavy atom. The van der Waals surface area contributed by atoms with E-state index in [2.05, 4.69) is 36.4 Å². The molecule has 0 amide bonds. The molecule has 22 heavy (non-hydrogen) atoms. The topological polar surface area (TPSA) is 65.2 Å². The summed E-state index contributed by atoms with van der Waals surface area (Å²) in [5.41, 5.74) is 0.959. The number of hydrogen-bond donors (Lipinski definition) is 0. The Balaban J connectivity index is 2.15. The molecule has 2 heterocycles. The van der Waals surface area contributed by atoms with Gasteiger partial charge in [0, 0.05) is 37.6 Å². The van der Waals surface area contributed by atoms with Gasteiger partial charge in [-0.15, -0.1) is 0 Å². The summed E-state index contributed by atoms with van der Waals surface area (Å²) >= 11 is 5.82. The summed E-state index contributed by atoms with van der Waals surface area (Å²) in [6.07, 6.45) is 10.7. The van der Waals surface area contributed by atoms with E-state index < -0.39 is 0 Å². The van der Waals surface area contributed by atoms with E-state index in [0.29, 0.717) is 18.0 Å². The van der Waals surface area contributed by atoms with Crippen LogP contribution >= 0.6 is 11.6 Å². The van der Waals surface area contributed by atoms with Crippen molar-refractivity contribution in [3.63, 3.8) is 0 Å². The van der Waals surface area contributed by atoms with E-state index >= 15 is 0 Å². The average molecular weight is 322 g/mol. The normalized spacial score (nSPS) is 11.2. The van der Waals surface area contributed by atoms with Crippen molar-refractivity contribution in [3.8, 4) is 0 Å². The molecule has 0 unspecified atom stereocenters. The third-order valence-corrected chi connectivity index (χ3v) is 3.32. The fourth-order valence-electron chi connectivity index (χ4n) is 2.06. The number of aromatic nitrogens is 4. The van der Waals surface area contributed by atoms with Crippen LogP contribution in [0.5, 0.6) is 0 Å². The zero-order valence-electron chi connectivity index (χ0n) is 12.9. The molecule has 2 aromatic heterocycles. The molecule has 0 saturated heterocycles. The van der Waals surface area contributed by atoms with Gasteiger partial charge in [0.15, 0.2) is 0 Å². The van der Waals surface area contributed by atoms with Crippen LogP contribution in [0.4, 0.5) is 0 Å².